The minimum absolute atomic E-state index is 0.474. The standard InChI is InChI=1S/C26H38N6S/c1-3-33-32-16-9-23(10-17-32)29-25-18-24-22(19-28-25)4-11-27-26(24)31-14-7-21(8-15-31)20-5-12-30(2)13-6-20/h3-4,11,18-21,23H,1,5-10,12-17H2,2H3,(H,28,29). The van der Waals surface area contributed by atoms with E-state index in [1.165, 1.54) is 49.5 Å². The Morgan fingerprint density at radius 1 is 0.970 bits per heavy atom. The molecule has 0 spiro atoms. The summed E-state index contributed by atoms with van der Waals surface area (Å²) < 4.78 is 2.39. The van der Waals surface area contributed by atoms with Crippen LogP contribution < -0.4 is 10.2 Å². The molecule has 0 saturated carbocycles. The van der Waals surface area contributed by atoms with Gasteiger partial charge in [-0.2, -0.15) is 0 Å². The molecule has 0 unspecified atom stereocenters. The summed E-state index contributed by atoms with van der Waals surface area (Å²) in [7, 11) is 2.26. The first kappa shape index (κ1) is 22.9. The van der Waals surface area contributed by atoms with Crippen LogP contribution in [0.15, 0.2) is 36.5 Å². The summed E-state index contributed by atoms with van der Waals surface area (Å²) in [5, 5.41) is 8.03. The predicted molar refractivity (Wildman–Crippen MR) is 141 cm³/mol. The fourth-order valence-electron chi connectivity index (χ4n) is 5.88. The van der Waals surface area contributed by atoms with E-state index in [0.717, 1.165) is 62.5 Å². The number of rotatable bonds is 6. The van der Waals surface area contributed by atoms with E-state index in [2.05, 4.69) is 45.2 Å². The molecule has 178 valence electrons. The molecule has 7 heteroatoms. The van der Waals surface area contributed by atoms with Crippen LogP contribution in [-0.2, 0) is 0 Å². The van der Waals surface area contributed by atoms with E-state index >= 15 is 0 Å². The van der Waals surface area contributed by atoms with Crippen molar-refractivity contribution in [1.82, 2.24) is 19.2 Å². The molecule has 2 aromatic heterocycles. The smallest absolute Gasteiger partial charge is 0.136 e. The molecule has 5 heterocycles. The van der Waals surface area contributed by atoms with Crippen LogP contribution in [0.1, 0.15) is 38.5 Å². The van der Waals surface area contributed by atoms with Crippen LogP contribution in [0.5, 0.6) is 0 Å². The van der Waals surface area contributed by atoms with Crippen LogP contribution in [0.4, 0.5) is 11.6 Å². The summed E-state index contributed by atoms with van der Waals surface area (Å²) in [6.07, 6.45) is 11.6. The van der Waals surface area contributed by atoms with Crippen LogP contribution in [0.2, 0.25) is 0 Å². The number of fused-ring (bicyclic) bond motifs is 1. The number of nitrogens with one attached hydrogen (secondary N) is 1. The van der Waals surface area contributed by atoms with Gasteiger partial charge in [0.2, 0.25) is 0 Å². The molecule has 5 rings (SSSR count). The number of nitrogens with zero attached hydrogens (tertiary/aromatic N) is 5. The summed E-state index contributed by atoms with van der Waals surface area (Å²) in [6.45, 7) is 10.8. The molecule has 3 aliphatic heterocycles. The zero-order valence-corrected chi connectivity index (χ0v) is 20.8. The van der Waals surface area contributed by atoms with Gasteiger partial charge in [0.25, 0.3) is 0 Å². The normalized spacial score (nSPS) is 22.6. The molecule has 0 atom stereocenters. The topological polar surface area (TPSA) is 47.5 Å². The molecule has 0 bridgehead atoms. The lowest BCUT2D eigenvalue weighted by Gasteiger charge is -2.40. The van der Waals surface area contributed by atoms with E-state index < -0.39 is 0 Å². The van der Waals surface area contributed by atoms with Crippen molar-refractivity contribution in [2.75, 3.05) is 56.5 Å². The van der Waals surface area contributed by atoms with E-state index in [-0.39, 0.29) is 0 Å². The quantitative estimate of drug-likeness (QED) is 0.610. The molecular formula is C26H38N6S. The van der Waals surface area contributed by atoms with Crippen molar-refractivity contribution in [3.8, 4) is 0 Å². The van der Waals surface area contributed by atoms with E-state index in [9.17, 15) is 0 Å². The lowest BCUT2D eigenvalue weighted by atomic mass is 9.79. The van der Waals surface area contributed by atoms with Gasteiger partial charge >= 0.3 is 0 Å². The van der Waals surface area contributed by atoms with Crippen LogP contribution in [0.3, 0.4) is 0 Å². The molecule has 1 N–H and O–H groups in total. The van der Waals surface area contributed by atoms with Crippen LogP contribution in [0.25, 0.3) is 10.8 Å². The molecule has 0 amide bonds. The van der Waals surface area contributed by atoms with Crippen molar-refractivity contribution in [2.45, 2.75) is 44.6 Å². The summed E-state index contributed by atoms with van der Waals surface area (Å²) in [5.41, 5.74) is 0. The number of hydrogen-bond acceptors (Lipinski definition) is 7. The maximum atomic E-state index is 4.84. The van der Waals surface area contributed by atoms with Gasteiger partial charge in [0.05, 0.1) is 0 Å². The Balaban J connectivity index is 1.24. The Morgan fingerprint density at radius 2 is 1.67 bits per heavy atom. The van der Waals surface area contributed by atoms with Crippen LogP contribution in [-0.4, -0.2) is 71.5 Å². The third-order valence-corrected chi connectivity index (χ3v) is 8.74. The molecule has 6 nitrogen and oxygen atoms in total. The first-order valence-electron chi connectivity index (χ1n) is 12.7. The van der Waals surface area contributed by atoms with Gasteiger partial charge in [-0.05, 0) is 88.0 Å². The highest BCUT2D eigenvalue weighted by Crippen LogP contribution is 2.35. The maximum absolute atomic E-state index is 4.84. The zero-order chi connectivity index (χ0) is 22.6. The minimum Gasteiger partial charge on any atom is -0.367 e. The second kappa shape index (κ2) is 10.6. The Labute approximate surface area is 203 Å². The van der Waals surface area contributed by atoms with Gasteiger partial charge in [-0.3, -0.25) is 0 Å². The number of pyridine rings is 2. The molecule has 33 heavy (non-hydrogen) atoms. The van der Waals surface area contributed by atoms with E-state index in [1.54, 1.807) is 11.9 Å². The van der Waals surface area contributed by atoms with Crippen molar-refractivity contribution in [3.63, 3.8) is 0 Å². The van der Waals surface area contributed by atoms with Crippen molar-refractivity contribution in [1.29, 1.82) is 0 Å². The molecule has 3 fully saturated rings. The highest BCUT2D eigenvalue weighted by Gasteiger charge is 2.29. The van der Waals surface area contributed by atoms with Gasteiger partial charge < -0.3 is 15.1 Å². The van der Waals surface area contributed by atoms with Crippen molar-refractivity contribution >= 4 is 34.4 Å². The van der Waals surface area contributed by atoms with Crippen molar-refractivity contribution in [3.05, 3.63) is 36.5 Å². The number of anilines is 2. The van der Waals surface area contributed by atoms with Gasteiger partial charge in [0, 0.05) is 55.4 Å². The summed E-state index contributed by atoms with van der Waals surface area (Å²) in [5.74, 6) is 3.92. The molecule has 3 saturated heterocycles. The molecule has 0 aliphatic carbocycles. The van der Waals surface area contributed by atoms with Gasteiger partial charge in [-0.25, -0.2) is 14.3 Å². The number of hydrogen-bond donors (Lipinski definition) is 1. The highest BCUT2D eigenvalue weighted by atomic mass is 32.2. The van der Waals surface area contributed by atoms with Gasteiger partial charge in [-0.15, -0.1) is 0 Å². The second-order valence-electron chi connectivity index (χ2n) is 10.0. The number of likely N-dealkylation sites (tertiary alicyclic amines) is 1. The largest absolute Gasteiger partial charge is 0.367 e. The fraction of sp³-hybridized carbons (Fsp3) is 0.615. The van der Waals surface area contributed by atoms with Crippen molar-refractivity contribution in [2.24, 2.45) is 11.8 Å². The Bertz CT molecular complexity index is 928. The summed E-state index contributed by atoms with van der Waals surface area (Å²) >= 11 is 1.73. The number of aromatic nitrogens is 2. The Hall–Kier alpha value is -1.83. The zero-order valence-electron chi connectivity index (χ0n) is 20.0. The van der Waals surface area contributed by atoms with E-state index in [0.29, 0.717) is 6.04 Å². The first-order valence-corrected chi connectivity index (χ1v) is 13.5. The predicted octanol–water partition coefficient (Wildman–Crippen LogP) is 4.86. The first-order chi connectivity index (χ1) is 16.2. The third kappa shape index (κ3) is 5.47. The monoisotopic (exact) mass is 466 g/mol. The lowest BCUT2D eigenvalue weighted by Crippen LogP contribution is -2.40. The highest BCUT2D eigenvalue weighted by molar-refractivity contribution is 7.99. The fourth-order valence-corrected chi connectivity index (χ4v) is 6.52. The van der Waals surface area contributed by atoms with Gasteiger partial charge in [0.15, 0.2) is 0 Å². The second-order valence-corrected chi connectivity index (χ2v) is 11.1. The van der Waals surface area contributed by atoms with E-state index in [1.807, 2.05) is 17.8 Å². The van der Waals surface area contributed by atoms with Crippen LogP contribution in [0, 0.1) is 11.8 Å². The van der Waals surface area contributed by atoms with Crippen LogP contribution >= 0.6 is 11.9 Å². The molecule has 3 aliphatic rings. The summed E-state index contributed by atoms with van der Waals surface area (Å²) in [4.78, 5) is 14.6. The van der Waals surface area contributed by atoms with Crippen molar-refractivity contribution < 1.29 is 0 Å². The van der Waals surface area contributed by atoms with E-state index in [4.69, 9.17) is 9.97 Å². The average Bonchev–Trinajstić information content (AvgIpc) is 2.86. The molecule has 0 aromatic carbocycles. The lowest BCUT2D eigenvalue weighted by molar-refractivity contribution is 0.154. The average molecular weight is 467 g/mol. The van der Waals surface area contributed by atoms with Gasteiger partial charge in [0.1, 0.15) is 11.6 Å². The minimum atomic E-state index is 0.474. The Morgan fingerprint density at radius 3 is 2.36 bits per heavy atom. The SMILES string of the molecule is C=CSN1CCC(Nc2cc3c(N4CCC(C5CCN(C)CC5)CC4)nccc3cn2)CC1. The van der Waals surface area contributed by atoms with Gasteiger partial charge in [-0.1, -0.05) is 18.5 Å². The molecule has 2 aromatic rings. The molecular weight excluding hydrogens is 428 g/mol. The number of piperidine rings is 3. The maximum Gasteiger partial charge on any atom is 0.136 e. The Kier molecular flexibility index (Phi) is 7.38. The molecule has 0 radical (unpaired) electrons. The summed E-state index contributed by atoms with van der Waals surface area (Å²) in [6, 6.07) is 4.79. The third-order valence-electron chi connectivity index (χ3n) is 7.93.